The van der Waals surface area contributed by atoms with Crippen LogP contribution in [0.2, 0.25) is 0 Å². The van der Waals surface area contributed by atoms with Crippen LogP contribution in [-0.2, 0) is 6.54 Å². The fourth-order valence-corrected chi connectivity index (χ4v) is 5.81. The Kier molecular flexibility index (Phi) is 5.81. The van der Waals surface area contributed by atoms with E-state index < -0.39 is 5.54 Å². The summed E-state index contributed by atoms with van der Waals surface area (Å²) in [5, 5.41) is 0.442. The zero-order valence-corrected chi connectivity index (χ0v) is 22.3. The van der Waals surface area contributed by atoms with Crippen molar-refractivity contribution in [1.82, 2.24) is 24.5 Å². The molecule has 1 saturated heterocycles. The van der Waals surface area contributed by atoms with E-state index in [2.05, 4.69) is 25.9 Å². The number of hydrogen-bond acceptors (Lipinski definition) is 10. The van der Waals surface area contributed by atoms with Gasteiger partial charge in [0.05, 0.1) is 30.5 Å². The van der Waals surface area contributed by atoms with Crippen molar-refractivity contribution < 1.29 is 9.47 Å². The first kappa shape index (κ1) is 24.4. The molecule has 7 rings (SSSR count). The third-order valence-corrected chi connectivity index (χ3v) is 7.79. The van der Waals surface area contributed by atoms with Crippen molar-refractivity contribution in [2.45, 2.75) is 24.9 Å². The molecule has 0 radical (unpaired) electrons. The Morgan fingerprint density at radius 1 is 1.05 bits per heavy atom. The van der Waals surface area contributed by atoms with Gasteiger partial charge >= 0.3 is 0 Å². The number of rotatable bonds is 4. The number of halogens is 1. The highest BCUT2D eigenvalue weighted by atomic mass is 35.5. The van der Waals surface area contributed by atoms with Gasteiger partial charge in [0.2, 0.25) is 6.79 Å². The topological polar surface area (TPSA) is 143 Å². The average molecular weight is 556 g/mol. The van der Waals surface area contributed by atoms with Gasteiger partial charge in [0, 0.05) is 24.4 Å². The van der Waals surface area contributed by atoms with E-state index in [0.717, 1.165) is 47.6 Å². The summed E-state index contributed by atoms with van der Waals surface area (Å²) in [5.41, 5.74) is 17.7. The van der Waals surface area contributed by atoms with Gasteiger partial charge < -0.3 is 30.4 Å². The average Bonchev–Trinajstić information content (AvgIpc) is 3.57. The first-order valence-corrected chi connectivity index (χ1v) is 13.3. The molecule has 0 saturated carbocycles. The van der Waals surface area contributed by atoms with E-state index in [1.165, 1.54) is 6.33 Å². The van der Waals surface area contributed by atoms with Gasteiger partial charge in [-0.25, -0.2) is 15.0 Å². The summed E-state index contributed by atoms with van der Waals surface area (Å²) >= 11 is 6.42. The summed E-state index contributed by atoms with van der Waals surface area (Å²) in [6.45, 7) is 2.10. The number of benzene rings is 1. The number of nitrogens with zero attached hydrogens (tertiary/aromatic N) is 7. The molecule has 1 aromatic carbocycles. The van der Waals surface area contributed by atoms with Crippen LogP contribution >= 0.6 is 11.6 Å². The van der Waals surface area contributed by atoms with E-state index in [1.54, 1.807) is 12.4 Å². The number of nitrogen functional groups attached to an aromatic ring is 1. The second-order valence-electron chi connectivity index (χ2n) is 10.0. The van der Waals surface area contributed by atoms with Crippen molar-refractivity contribution in [1.29, 1.82) is 0 Å². The number of ether oxygens (including phenoxy) is 2. The molecular weight excluding hydrogens is 530 g/mol. The van der Waals surface area contributed by atoms with Crippen LogP contribution in [0.4, 0.5) is 11.5 Å². The number of allylic oxidation sites excluding steroid dienone is 3. The molecule has 202 valence electrons. The number of imidazole rings is 1. The quantitative estimate of drug-likeness (QED) is 0.386. The molecule has 1 spiro atoms. The Bertz CT molecular complexity index is 1730. The Labute approximate surface area is 234 Å². The molecular formula is C28H26ClN9O2. The highest BCUT2D eigenvalue weighted by molar-refractivity contribution is 6.68. The Morgan fingerprint density at radius 3 is 2.88 bits per heavy atom. The van der Waals surface area contributed by atoms with Crippen molar-refractivity contribution in [3.8, 4) is 22.8 Å². The van der Waals surface area contributed by atoms with E-state index in [0.29, 0.717) is 46.7 Å². The number of piperidine rings is 1. The van der Waals surface area contributed by atoms with E-state index in [1.807, 2.05) is 41.1 Å². The molecule has 0 amide bonds. The van der Waals surface area contributed by atoms with Crippen LogP contribution in [0.15, 0.2) is 72.0 Å². The molecule has 4 N–H and O–H groups in total. The lowest BCUT2D eigenvalue weighted by Gasteiger charge is -2.42. The molecule has 3 aromatic heterocycles. The Hall–Kier alpha value is -4.64. The molecule has 1 atom stereocenters. The standard InChI is InChI=1S/C28H26ClN9O2/c29-24-4-1-3-23(30)28(36-24)7-2-8-37(13-28)20-11-32-19(17-5-6-21-22(10-17)40-16-39-21)9-18(20)12-38-15-35-25-26(31)33-14-34-27(25)38/h1,3-6,9-11,14-15H,2,7-8,12-13,16,30H2,(H2,31,33,34). The molecule has 1 unspecified atom stereocenters. The summed E-state index contributed by atoms with van der Waals surface area (Å²) in [6, 6.07) is 7.93. The normalized spacial score (nSPS) is 20.1. The van der Waals surface area contributed by atoms with Gasteiger partial charge in [-0.3, -0.25) is 9.98 Å². The third kappa shape index (κ3) is 4.19. The molecule has 0 bridgehead atoms. The largest absolute Gasteiger partial charge is 0.454 e. The van der Waals surface area contributed by atoms with Gasteiger partial charge in [-0.05, 0) is 54.8 Å². The van der Waals surface area contributed by atoms with Crippen molar-refractivity contribution >= 4 is 39.4 Å². The molecule has 0 aliphatic carbocycles. The minimum Gasteiger partial charge on any atom is -0.454 e. The van der Waals surface area contributed by atoms with Crippen molar-refractivity contribution in [3.63, 3.8) is 0 Å². The van der Waals surface area contributed by atoms with Crippen LogP contribution in [-0.4, -0.2) is 55.1 Å². The second kappa shape index (κ2) is 9.53. The summed E-state index contributed by atoms with van der Waals surface area (Å²) < 4.78 is 13.1. The van der Waals surface area contributed by atoms with Crippen molar-refractivity contribution in [3.05, 3.63) is 72.6 Å². The van der Waals surface area contributed by atoms with Crippen LogP contribution < -0.4 is 25.8 Å². The number of aliphatic imine (C=N–C) groups is 1. The van der Waals surface area contributed by atoms with Gasteiger partial charge in [-0.2, -0.15) is 0 Å². The van der Waals surface area contributed by atoms with Crippen LogP contribution in [0.25, 0.3) is 22.4 Å². The van der Waals surface area contributed by atoms with Crippen LogP contribution in [0.5, 0.6) is 11.5 Å². The monoisotopic (exact) mass is 555 g/mol. The summed E-state index contributed by atoms with van der Waals surface area (Å²) in [6.07, 6.45) is 12.3. The highest BCUT2D eigenvalue weighted by Crippen LogP contribution is 2.38. The van der Waals surface area contributed by atoms with Crippen LogP contribution in [0, 0.1) is 0 Å². The van der Waals surface area contributed by atoms with E-state index in [9.17, 15) is 0 Å². The minimum atomic E-state index is -0.616. The minimum absolute atomic E-state index is 0.214. The summed E-state index contributed by atoms with van der Waals surface area (Å²) in [4.78, 5) is 25.0. The molecule has 4 aromatic rings. The lowest BCUT2D eigenvalue weighted by molar-refractivity contribution is 0.174. The SMILES string of the molecule is NC1=CC=CC(Cl)=NC12CCCN(c1cnc(-c3ccc4c(c3)OCO4)cc1Cn1cnc3c(N)ncnc31)C2. The first-order valence-electron chi connectivity index (χ1n) is 12.9. The van der Waals surface area contributed by atoms with Gasteiger partial charge in [0.25, 0.3) is 0 Å². The smallest absolute Gasteiger partial charge is 0.231 e. The number of hydrogen-bond donors (Lipinski definition) is 2. The van der Waals surface area contributed by atoms with Gasteiger partial charge in [0.1, 0.15) is 22.6 Å². The number of anilines is 2. The summed E-state index contributed by atoms with van der Waals surface area (Å²) in [7, 11) is 0. The van der Waals surface area contributed by atoms with Gasteiger partial charge in [-0.15, -0.1) is 0 Å². The molecule has 3 aliphatic heterocycles. The number of nitrogens with two attached hydrogens (primary N) is 2. The summed E-state index contributed by atoms with van der Waals surface area (Å²) in [5.74, 6) is 1.77. The molecule has 40 heavy (non-hydrogen) atoms. The molecule has 11 nitrogen and oxygen atoms in total. The van der Waals surface area contributed by atoms with E-state index >= 15 is 0 Å². The zero-order chi connectivity index (χ0) is 27.3. The molecule has 12 heteroatoms. The van der Waals surface area contributed by atoms with E-state index in [4.69, 9.17) is 42.5 Å². The fourth-order valence-electron chi connectivity index (χ4n) is 5.57. The lowest BCUT2D eigenvalue weighted by Crippen LogP contribution is -2.50. The zero-order valence-electron chi connectivity index (χ0n) is 21.5. The van der Waals surface area contributed by atoms with E-state index in [-0.39, 0.29) is 6.79 Å². The maximum Gasteiger partial charge on any atom is 0.231 e. The predicted octanol–water partition coefficient (Wildman–Crippen LogP) is 3.64. The Balaban J connectivity index is 1.31. The van der Waals surface area contributed by atoms with Gasteiger partial charge in [0.15, 0.2) is 23.0 Å². The molecule has 1 fully saturated rings. The van der Waals surface area contributed by atoms with Gasteiger partial charge in [-0.1, -0.05) is 17.7 Å². The number of aromatic nitrogens is 5. The first-order chi connectivity index (χ1) is 19.5. The van der Waals surface area contributed by atoms with Crippen molar-refractivity contribution in [2.75, 3.05) is 30.5 Å². The molecule has 6 heterocycles. The van der Waals surface area contributed by atoms with Crippen molar-refractivity contribution in [2.24, 2.45) is 10.7 Å². The predicted molar refractivity (Wildman–Crippen MR) is 154 cm³/mol. The highest BCUT2D eigenvalue weighted by Gasteiger charge is 2.39. The maximum atomic E-state index is 6.56. The number of pyridine rings is 1. The maximum absolute atomic E-state index is 6.56. The lowest BCUT2D eigenvalue weighted by atomic mass is 9.86. The number of fused-ring (bicyclic) bond motifs is 2. The van der Waals surface area contributed by atoms with Crippen LogP contribution in [0.1, 0.15) is 18.4 Å². The second-order valence-corrected chi connectivity index (χ2v) is 10.4. The molecule has 3 aliphatic rings. The Morgan fingerprint density at radius 2 is 1.95 bits per heavy atom. The third-order valence-electron chi connectivity index (χ3n) is 7.58. The fraction of sp³-hybridized carbons (Fsp3) is 0.250. The van der Waals surface area contributed by atoms with Crippen LogP contribution in [0.3, 0.4) is 0 Å².